The highest BCUT2D eigenvalue weighted by molar-refractivity contribution is 14.1. The second kappa shape index (κ2) is 2.25. The van der Waals surface area contributed by atoms with Crippen molar-refractivity contribution in [1.82, 2.24) is 10.1 Å². The molecule has 0 atom stereocenters. The van der Waals surface area contributed by atoms with Gasteiger partial charge in [-0.2, -0.15) is 4.98 Å². The zero-order chi connectivity index (χ0) is 5.11. The SMILES string of the molecule is ICc1ncon1. The summed E-state index contributed by atoms with van der Waals surface area (Å²) in [6.45, 7) is 0. The Hall–Kier alpha value is -0.130. The van der Waals surface area contributed by atoms with Crippen LogP contribution in [0.5, 0.6) is 0 Å². The minimum atomic E-state index is 0.751. The Morgan fingerprint density at radius 1 is 1.86 bits per heavy atom. The first kappa shape index (κ1) is 5.02. The van der Waals surface area contributed by atoms with Crippen LogP contribution in [0.15, 0.2) is 10.9 Å². The standard InChI is InChI=1S/C3H3IN2O/c4-1-3-5-2-7-6-3/h2H,1H2. The van der Waals surface area contributed by atoms with Crippen LogP contribution >= 0.6 is 22.6 Å². The third-order valence-electron chi connectivity index (χ3n) is 0.526. The second-order valence-corrected chi connectivity index (χ2v) is 1.74. The molecular weight excluding hydrogens is 207 g/mol. The van der Waals surface area contributed by atoms with Crippen LogP contribution in [0.3, 0.4) is 0 Å². The molecule has 0 aliphatic carbocycles. The van der Waals surface area contributed by atoms with Crippen LogP contribution in [0.25, 0.3) is 0 Å². The van der Waals surface area contributed by atoms with Crippen LogP contribution in [-0.4, -0.2) is 10.1 Å². The molecule has 0 aliphatic heterocycles. The van der Waals surface area contributed by atoms with Gasteiger partial charge in [-0.05, 0) is 0 Å². The molecule has 0 spiro atoms. The van der Waals surface area contributed by atoms with Crippen molar-refractivity contribution in [2.75, 3.05) is 0 Å². The van der Waals surface area contributed by atoms with E-state index in [2.05, 4.69) is 37.3 Å². The maximum absolute atomic E-state index is 4.44. The van der Waals surface area contributed by atoms with Crippen molar-refractivity contribution in [3.63, 3.8) is 0 Å². The van der Waals surface area contributed by atoms with E-state index in [0.717, 1.165) is 10.3 Å². The summed E-state index contributed by atoms with van der Waals surface area (Å²) in [5, 5.41) is 3.54. The molecule has 0 fully saturated rings. The molecule has 1 aromatic heterocycles. The number of hydrogen-bond acceptors (Lipinski definition) is 3. The molecule has 0 bridgehead atoms. The highest BCUT2D eigenvalue weighted by atomic mass is 127. The van der Waals surface area contributed by atoms with Crippen LogP contribution in [0, 0.1) is 0 Å². The van der Waals surface area contributed by atoms with Gasteiger partial charge in [-0.15, -0.1) is 0 Å². The molecule has 0 radical (unpaired) electrons. The number of alkyl halides is 1. The van der Waals surface area contributed by atoms with Crippen LogP contribution in [0.1, 0.15) is 5.82 Å². The summed E-state index contributed by atoms with van der Waals surface area (Å²) in [6, 6.07) is 0. The average Bonchev–Trinajstić information content (AvgIpc) is 2.14. The maximum Gasteiger partial charge on any atom is 0.213 e. The number of rotatable bonds is 1. The lowest BCUT2D eigenvalue weighted by atomic mass is 10.8. The Bertz CT molecular complexity index is 127. The van der Waals surface area contributed by atoms with Gasteiger partial charge in [0.15, 0.2) is 5.82 Å². The fourth-order valence-electron chi connectivity index (χ4n) is 0.251. The number of aromatic nitrogens is 2. The first-order valence-corrected chi connectivity index (χ1v) is 3.27. The number of halogens is 1. The molecule has 1 heterocycles. The van der Waals surface area contributed by atoms with Gasteiger partial charge >= 0.3 is 0 Å². The summed E-state index contributed by atoms with van der Waals surface area (Å²) < 4.78 is 5.25. The van der Waals surface area contributed by atoms with Gasteiger partial charge in [-0.25, -0.2) is 0 Å². The zero-order valence-electron chi connectivity index (χ0n) is 3.47. The van der Waals surface area contributed by atoms with E-state index >= 15 is 0 Å². The van der Waals surface area contributed by atoms with E-state index in [-0.39, 0.29) is 0 Å². The Labute approximate surface area is 54.2 Å². The summed E-state index contributed by atoms with van der Waals surface area (Å²) in [5.41, 5.74) is 0. The van der Waals surface area contributed by atoms with E-state index < -0.39 is 0 Å². The van der Waals surface area contributed by atoms with Gasteiger partial charge in [0.25, 0.3) is 0 Å². The minimum Gasteiger partial charge on any atom is -0.343 e. The van der Waals surface area contributed by atoms with Gasteiger partial charge < -0.3 is 4.52 Å². The summed E-state index contributed by atoms with van der Waals surface area (Å²) in [6.07, 6.45) is 1.33. The minimum absolute atomic E-state index is 0.751. The summed E-state index contributed by atoms with van der Waals surface area (Å²) in [7, 11) is 0. The Kier molecular flexibility index (Phi) is 1.61. The Morgan fingerprint density at radius 2 is 2.71 bits per heavy atom. The summed E-state index contributed by atoms with van der Waals surface area (Å²) in [4.78, 5) is 3.75. The van der Waals surface area contributed by atoms with Gasteiger partial charge in [0.2, 0.25) is 6.39 Å². The van der Waals surface area contributed by atoms with Crippen molar-refractivity contribution in [3.05, 3.63) is 12.2 Å². The molecule has 0 saturated heterocycles. The van der Waals surface area contributed by atoms with Crippen LogP contribution in [0.4, 0.5) is 0 Å². The van der Waals surface area contributed by atoms with Crippen molar-refractivity contribution < 1.29 is 4.52 Å². The predicted molar refractivity (Wildman–Crippen MR) is 32.0 cm³/mol. The third kappa shape index (κ3) is 1.12. The smallest absolute Gasteiger partial charge is 0.213 e. The predicted octanol–water partition coefficient (Wildman–Crippen LogP) is 1.00. The molecule has 1 aromatic rings. The third-order valence-corrected chi connectivity index (χ3v) is 1.21. The van der Waals surface area contributed by atoms with Crippen molar-refractivity contribution in [3.8, 4) is 0 Å². The van der Waals surface area contributed by atoms with E-state index in [0.29, 0.717) is 0 Å². The van der Waals surface area contributed by atoms with Gasteiger partial charge in [-0.3, -0.25) is 0 Å². The molecule has 0 aliphatic rings. The summed E-state index contributed by atoms with van der Waals surface area (Å²) in [5.74, 6) is 0.751. The number of hydrogen-bond donors (Lipinski definition) is 0. The van der Waals surface area contributed by atoms with Crippen LogP contribution in [0.2, 0.25) is 0 Å². The Balaban J connectivity index is 2.76. The van der Waals surface area contributed by atoms with Gasteiger partial charge in [0.05, 0.1) is 4.43 Å². The largest absolute Gasteiger partial charge is 0.343 e. The highest BCUT2D eigenvalue weighted by Crippen LogP contribution is 1.94. The molecule has 3 nitrogen and oxygen atoms in total. The van der Waals surface area contributed by atoms with Crippen molar-refractivity contribution in [1.29, 1.82) is 0 Å². The van der Waals surface area contributed by atoms with E-state index in [4.69, 9.17) is 0 Å². The fraction of sp³-hybridized carbons (Fsp3) is 0.333. The monoisotopic (exact) mass is 210 g/mol. The topological polar surface area (TPSA) is 38.9 Å². The lowest BCUT2D eigenvalue weighted by Crippen LogP contribution is -1.75. The molecule has 0 unspecified atom stereocenters. The first-order chi connectivity index (χ1) is 3.43. The average molecular weight is 210 g/mol. The molecule has 0 aromatic carbocycles. The number of nitrogens with zero attached hydrogens (tertiary/aromatic N) is 2. The van der Waals surface area contributed by atoms with Crippen LogP contribution < -0.4 is 0 Å². The molecular formula is C3H3IN2O. The lowest BCUT2D eigenvalue weighted by Gasteiger charge is -1.71. The van der Waals surface area contributed by atoms with Crippen LogP contribution in [-0.2, 0) is 4.43 Å². The maximum atomic E-state index is 4.44. The zero-order valence-corrected chi connectivity index (χ0v) is 5.62. The van der Waals surface area contributed by atoms with E-state index in [1.54, 1.807) is 0 Å². The molecule has 0 amide bonds. The van der Waals surface area contributed by atoms with Crippen molar-refractivity contribution >= 4 is 22.6 Å². The highest BCUT2D eigenvalue weighted by Gasteiger charge is 1.89. The first-order valence-electron chi connectivity index (χ1n) is 1.74. The molecule has 0 saturated carbocycles. The second-order valence-electron chi connectivity index (χ2n) is 0.981. The quantitative estimate of drug-likeness (QED) is 0.512. The molecule has 7 heavy (non-hydrogen) atoms. The normalized spacial score (nSPS) is 9.29. The Morgan fingerprint density at radius 3 is 3.00 bits per heavy atom. The van der Waals surface area contributed by atoms with Crippen molar-refractivity contribution in [2.45, 2.75) is 4.43 Å². The fourth-order valence-corrected chi connectivity index (χ4v) is 0.588. The van der Waals surface area contributed by atoms with Crippen molar-refractivity contribution in [2.24, 2.45) is 0 Å². The molecule has 1 rings (SSSR count). The van der Waals surface area contributed by atoms with E-state index in [9.17, 15) is 0 Å². The van der Waals surface area contributed by atoms with Gasteiger partial charge in [0, 0.05) is 0 Å². The van der Waals surface area contributed by atoms with E-state index in [1.165, 1.54) is 6.39 Å². The lowest BCUT2D eigenvalue weighted by molar-refractivity contribution is 0.412. The molecule has 0 N–H and O–H groups in total. The van der Waals surface area contributed by atoms with E-state index in [1.807, 2.05) is 0 Å². The van der Waals surface area contributed by atoms with Gasteiger partial charge in [0.1, 0.15) is 0 Å². The molecule has 4 heteroatoms. The van der Waals surface area contributed by atoms with Gasteiger partial charge in [-0.1, -0.05) is 27.7 Å². The summed E-state index contributed by atoms with van der Waals surface area (Å²) >= 11 is 2.16. The molecule has 38 valence electrons.